The lowest BCUT2D eigenvalue weighted by molar-refractivity contribution is -0.0540. The Kier molecular flexibility index (Phi) is 6.63. The molecule has 1 N–H and O–H groups in total. The van der Waals surface area contributed by atoms with E-state index < -0.39 is 0 Å². The molecule has 30 heavy (non-hydrogen) atoms. The summed E-state index contributed by atoms with van der Waals surface area (Å²) in [4.78, 5) is 0. The number of aryl methyl sites for hydroxylation is 3. The molecular formula is C27H33N3. The predicted molar refractivity (Wildman–Crippen MR) is 125 cm³/mol. The summed E-state index contributed by atoms with van der Waals surface area (Å²) >= 11 is 0. The first-order valence-electron chi connectivity index (χ1n) is 11.0. The van der Waals surface area contributed by atoms with Crippen molar-refractivity contribution in [2.24, 2.45) is 5.92 Å². The average Bonchev–Trinajstić information content (AvgIpc) is 2.73. The molecule has 3 nitrogen and oxygen atoms in total. The highest BCUT2D eigenvalue weighted by molar-refractivity contribution is 5.23. The molecule has 0 spiro atoms. The van der Waals surface area contributed by atoms with E-state index in [1.807, 2.05) is 0 Å². The minimum absolute atomic E-state index is 0.588. The highest BCUT2D eigenvalue weighted by Crippen LogP contribution is 2.19. The monoisotopic (exact) mass is 399 g/mol. The lowest BCUT2D eigenvalue weighted by Crippen LogP contribution is -2.58. The van der Waals surface area contributed by atoms with Crippen molar-refractivity contribution >= 4 is 0 Å². The Morgan fingerprint density at radius 1 is 0.600 bits per heavy atom. The first-order chi connectivity index (χ1) is 14.5. The van der Waals surface area contributed by atoms with Gasteiger partial charge < -0.3 is 0 Å². The van der Waals surface area contributed by atoms with Gasteiger partial charge in [-0.25, -0.2) is 10.0 Å². The van der Waals surface area contributed by atoms with Crippen LogP contribution in [0.4, 0.5) is 0 Å². The number of nitrogens with one attached hydrogen (secondary N) is 1. The number of hydrazine groups is 2. The lowest BCUT2D eigenvalue weighted by atomic mass is 9.97. The molecule has 1 heterocycles. The van der Waals surface area contributed by atoms with E-state index in [-0.39, 0.29) is 0 Å². The smallest absolute Gasteiger partial charge is 0.0395 e. The van der Waals surface area contributed by atoms with Gasteiger partial charge in [0.1, 0.15) is 0 Å². The van der Waals surface area contributed by atoms with Crippen LogP contribution >= 0.6 is 0 Å². The van der Waals surface area contributed by atoms with Crippen LogP contribution in [-0.4, -0.2) is 23.1 Å². The molecule has 1 aliphatic rings. The Balaban J connectivity index is 1.47. The van der Waals surface area contributed by atoms with Gasteiger partial charge in [-0.15, -0.1) is 0 Å². The van der Waals surface area contributed by atoms with Crippen molar-refractivity contribution < 1.29 is 0 Å². The summed E-state index contributed by atoms with van der Waals surface area (Å²) in [7, 11) is 0. The fourth-order valence-corrected chi connectivity index (χ4v) is 4.18. The van der Waals surface area contributed by atoms with Gasteiger partial charge in [-0.2, -0.15) is 5.53 Å². The third-order valence-corrected chi connectivity index (χ3v) is 5.87. The maximum atomic E-state index is 3.67. The van der Waals surface area contributed by atoms with Crippen molar-refractivity contribution in [1.29, 1.82) is 0 Å². The summed E-state index contributed by atoms with van der Waals surface area (Å²) in [6.07, 6.45) is 1.11. The zero-order valence-corrected chi connectivity index (χ0v) is 18.4. The zero-order valence-electron chi connectivity index (χ0n) is 18.4. The van der Waals surface area contributed by atoms with Crippen LogP contribution in [0.15, 0.2) is 72.8 Å². The van der Waals surface area contributed by atoms with Crippen molar-refractivity contribution in [3.8, 4) is 0 Å². The van der Waals surface area contributed by atoms with Crippen LogP contribution in [0.25, 0.3) is 0 Å². The summed E-state index contributed by atoms with van der Waals surface area (Å²) in [6, 6.07) is 26.8. The van der Waals surface area contributed by atoms with Crippen molar-refractivity contribution in [2.75, 3.05) is 13.1 Å². The van der Waals surface area contributed by atoms with Crippen LogP contribution in [0.3, 0.4) is 0 Å². The molecule has 0 saturated carbocycles. The third-order valence-electron chi connectivity index (χ3n) is 5.87. The Labute approximate surface area is 181 Å². The molecular weight excluding hydrogens is 366 g/mol. The molecule has 156 valence electrons. The fraction of sp³-hybridized carbons (Fsp3) is 0.333. The number of hydrogen-bond donors (Lipinski definition) is 1. The van der Waals surface area contributed by atoms with Gasteiger partial charge >= 0.3 is 0 Å². The second-order valence-corrected chi connectivity index (χ2v) is 8.89. The Hall–Kier alpha value is -2.46. The maximum Gasteiger partial charge on any atom is 0.0395 e. The molecule has 0 atom stereocenters. The number of nitrogens with zero attached hydrogens (tertiary/aromatic N) is 2. The Morgan fingerprint density at radius 2 is 0.967 bits per heavy atom. The molecule has 0 amide bonds. The standard InChI is InChI=1S/C27H33N3/c1-21-4-10-24(11-5-21)16-27-19-29(17-25-12-6-22(2)7-13-25)28-30(20-27)18-26-14-8-23(3)9-15-26/h4-15,27-28H,16-20H2,1-3H3. The predicted octanol–water partition coefficient (Wildman–Crippen LogP) is 5.21. The minimum atomic E-state index is 0.588. The van der Waals surface area contributed by atoms with E-state index >= 15 is 0 Å². The molecule has 0 aromatic heterocycles. The molecule has 4 rings (SSSR count). The van der Waals surface area contributed by atoms with Crippen LogP contribution in [-0.2, 0) is 19.5 Å². The van der Waals surface area contributed by atoms with Gasteiger partial charge in [0.2, 0.25) is 0 Å². The van der Waals surface area contributed by atoms with Gasteiger partial charge in [0.05, 0.1) is 0 Å². The third kappa shape index (κ3) is 5.79. The highest BCUT2D eigenvalue weighted by atomic mass is 15.8. The minimum Gasteiger partial charge on any atom is -0.226 e. The summed E-state index contributed by atoms with van der Waals surface area (Å²) in [5, 5.41) is 4.75. The quantitative estimate of drug-likeness (QED) is 0.614. The van der Waals surface area contributed by atoms with Crippen molar-refractivity contribution in [1.82, 2.24) is 15.6 Å². The van der Waals surface area contributed by atoms with Crippen LogP contribution in [0.5, 0.6) is 0 Å². The zero-order chi connectivity index (χ0) is 20.9. The molecule has 1 aliphatic heterocycles. The van der Waals surface area contributed by atoms with E-state index in [4.69, 9.17) is 0 Å². The molecule has 1 saturated heterocycles. The number of benzene rings is 3. The molecule has 0 unspecified atom stereocenters. The molecule has 3 heteroatoms. The van der Waals surface area contributed by atoms with Crippen LogP contribution < -0.4 is 5.53 Å². The maximum absolute atomic E-state index is 3.67. The summed E-state index contributed by atoms with van der Waals surface area (Å²) in [6.45, 7) is 10.4. The number of hydrogen-bond acceptors (Lipinski definition) is 3. The van der Waals surface area contributed by atoms with Crippen molar-refractivity contribution in [3.05, 3.63) is 106 Å². The van der Waals surface area contributed by atoms with Crippen LogP contribution in [0, 0.1) is 26.7 Å². The van der Waals surface area contributed by atoms with Gasteiger partial charge in [0, 0.05) is 26.2 Å². The van der Waals surface area contributed by atoms with Gasteiger partial charge in [-0.1, -0.05) is 89.5 Å². The summed E-state index contributed by atoms with van der Waals surface area (Å²) < 4.78 is 0. The molecule has 3 aromatic rings. The first-order valence-corrected chi connectivity index (χ1v) is 11.0. The van der Waals surface area contributed by atoms with E-state index in [1.165, 1.54) is 33.4 Å². The first kappa shape index (κ1) is 20.8. The van der Waals surface area contributed by atoms with E-state index in [9.17, 15) is 0 Å². The Bertz CT molecular complexity index is 796. The second-order valence-electron chi connectivity index (χ2n) is 8.89. The normalized spacial score (nSPS) is 16.1. The van der Waals surface area contributed by atoms with E-state index in [2.05, 4.69) is 109 Å². The van der Waals surface area contributed by atoms with E-state index in [1.54, 1.807) is 0 Å². The molecule has 1 fully saturated rings. The average molecular weight is 400 g/mol. The lowest BCUT2D eigenvalue weighted by Gasteiger charge is -2.41. The van der Waals surface area contributed by atoms with Gasteiger partial charge in [-0.3, -0.25) is 0 Å². The number of rotatable bonds is 6. The topological polar surface area (TPSA) is 18.5 Å². The second kappa shape index (κ2) is 9.57. The van der Waals surface area contributed by atoms with E-state index in [0.717, 1.165) is 32.6 Å². The fourth-order valence-electron chi connectivity index (χ4n) is 4.18. The summed E-state index contributed by atoms with van der Waals surface area (Å²) in [5.74, 6) is 0.588. The van der Waals surface area contributed by atoms with Crippen molar-refractivity contribution in [2.45, 2.75) is 40.3 Å². The van der Waals surface area contributed by atoms with Gasteiger partial charge in [0.15, 0.2) is 0 Å². The molecule has 0 bridgehead atoms. The Morgan fingerprint density at radius 3 is 1.37 bits per heavy atom. The van der Waals surface area contributed by atoms with Crippen LogP contribution in [0.1, 0.15) is 33.4 Å². The molecule has 0 radical (unpaired) electrons. The highest BCUT2D eigenvalue weighted by Gasteiger charge is 2.25. The summed E-state index contributed by atoms with van der Waals surface area (Å²) in [5.41, 5.74) is 11.7. The van der Waals surface area contributed by atoms with Crippen molar-refractivity contribution in [3.63, 3.8) is 0 Å². The molecule has 3 aromatic carbocycles. The molecule has 0 aliphatic carbocycles. The van der Waals surface area contributed by atoms with Gasteiger partial charge in [0.25, 0.3) is 0 Å². The van der Waals surface area contributed by atoms with Gasteiger partial charge in [-0.05, 0) is 49.8 Å². The SMILES string of the molecule is Cc1ccc(CC2CN(Cc3ccc(C)cc3)NN(Cc3ccc(C)cc3)C2)cc1. The van der Waals surface area contributed by atoms with E-state index in [0.29, 0.717) is 5.92 Å². The largest absolute Gasteiger partial charge is 0.226 e. The van der Waals surface area contributed by atoms with Crippen LogP contribution in [0.2, 0.25) is 0 Å².